The Morgan fingerprint density at radius 1 is 1.36 bits per heavy atom. The van der Waals surface area contributed by atoms with Crippen molar-refractivity contribution in [3.05, 3.63) is 24.3 Å². The van der Waals surface area contributed by atoms with E-state index in [1.165, 1.54) is 18.7 Å². The van der Waals surface area contributed by atoms with Gasteiger partial charge in [-0.05, 0) is 12.8 Å². The van der Waals surface area contributed by atoms with Gasteiger partial charge in [0.25, 0.3) is 5.91 Å². The Balaban J connectivity index is 2.29. The van der Waals surface area contributed by atoms with Crippen LogP contribution < -0.4 is 5.32 Å². The number of halogens is 1. The summed E-state index contributed by atoms with van der Waals surface area (Å²) >= 11 is 5.50. The maximum Gasteiger partial charge on any atom is 0.254 e. The predicted octanol–water partition coefficient (Wildman–Crippen LogP) is 1.23. The fourth-order valence-corrected chi connectivity index (χ4v) is 1.13. The number of carbonyl (C=O) groups excluding carboxylic acids is 1. The summed E-state index contributed by atoms with van der Waals surface area (Å²) in [4.78, 5) is 18.9. The van der Waals surface area contributed by atoms with Gasteiger partial charge in [0.15, 0.2) is 0 Å². The van der Waals surface area contributed by atoms with Gasteiger partial charge in [-0.1, -0.05) is 0 Å². The van der Waals surface area contributed by atoms with E-state index in [4.69, 9.17) is 11.6 Å². The summed E-state index contributed by atoms with van der Waals surface area (Å²) in [5.74, 6) is 0.491. The summed E-state index contributed by atoms with van der Waals surface area (Å²) in [6, 6.07) is 0. The van der Waals surface area contributed by atoms with Crippen LogP contribution >= 0.6 is 11.6 Å². The molecule has 0 saturated carbocycles. The highest BCUT2D eigenvalue weighted by Crippen LogP contribution is 1.94. The molecule has 0 unspecified atom stereocenters. The number of hydrogen-bond donors (Lipinski definition) is 1. The van der Waals surface area contributed by atoms with Crippen LogP contribution in [-0.4, -0.2) is 28.3 Å². The number of amides is 1. The molecule has 14 heavy (non-hydrogen) atoms. The van der Waals surface area contributed by atoms with Gasteiger partial charge in [-0.3, -0.25) is 4.79 Å². The molecule has 4 nitrogen and oxygen atoms in total. The van der Waals surface area contributed by atoms with E-state index >= 15 is 0 Å². The lowest BCUT2D eigenvalue weighted by Gasteiger charge is -2.02. The van der Waals surface area contributed by atoms with Crippen LogP contribution in [0.5, 0.6) is 0 Å². The molecule has 1 N–H and O–H groups in total. The van der Waals surface area contributed by atoms with Crippen LogP contribution in [-0.2, 0) is 0 Å². The standard InChI is InChI=1S/C9H12ClN3O/c10-3-1-2-4-13-9(14)8-5-11-7-12-6-8/h5-7H,1-4H2,(H,13,14). The van der Waals surface area contributed by atoms with Crippen LogP contribution in [0.3, 0.4) is 0 Å². The summed E-state index contributed by atoms with van der Waals surface area (Å²) < 4.78 is 0. The van der Waals surface area contributed by atoms with E-state index < -0.39 is 0 Å². The van der Waals surface area contributed by atoms with Crippen molar-refractivity contribution in [3.8, 4) is 0 Å². The van der Waals surface area contributed by atoms with Gasteiger partial charge >= 0.3 is 0 Å². The fourth-order valence-electron chi connectivity index (χ4n) is 0.940. The minimum absolute atomic E-state index is 0.139. The summed E-state index contributed by atoms with van der Waals surface area (Å²) in [5.41, 5.74) is 0.485. The number of nitrogens with zero attached hydrogens (tertiary/aromatic N) is 2. The second kappa shape index (κ2) is 6.32. The lowest BCUT2D eigenvalue weighted by Crippen LogP contribution is -2.24. The second-order valence-corrected chi connectivity index (χ2v) is 3.16. The largest absolute Gasteiger partial charge is 0.352 e. The Kier molecular flexibility index (Phi) is 4.93. The van der Waals surface area contributed by atoms with Crippen molar-refractivity contribution < 1.29 is 4.79 Å². The number of unbranched alkanes of at least 4 members (excludes halogenated alkanes) is 1. The first-order chi connectivity index (χ1) is 6.84. The highest BCUT2D eigenvalue weighted by atomic mass is 35.5. The van der Waals surface area contributed by atoms with Crippen molar-refractivity contribution in [2.24, 2.45) is 0 Å². The lowest BCUT2D eigenvalue weighted by molar-refractivity contribution is 0.0952. The molecule has 1 rings (SSSR count). The van der Waals surface area contributed by atoms with Gasteiger partial charge < -0.3 is 5.32 Å². The first kappa shape index (κ1) is 10.9. The Morgan fingerprint density at radius 2 is 2.07 bits per heavy atom. The number of aromatic nitrogens is 2. The highest BCUT2D eigenvalue weighted by molar-refractivity contribution is 6.17. The Hall–Kier alpha value is -1.16. The Bertz CT molecular complexity index is 279. The van der Waals surface area contributed by atoms with Gasteiger partial charge in [-0.2, -0.15) is 0 Å². The maximum absolute atomic E-state index is 11.4. The van der Waals surface area contributed by atoms with E-state index in [-0.39, 0.29) is 5.91 Å². The lowest BCUT2D eigenvalue weighted by atomic mass is 10.3. The topological polar surface area (TPSA) is 54.9 Å². The van der Waals surface area contributed by atoms with Gasteiger partial charge in [-0.25, -0.2) is 9.97 Å². The first-order valence-corrected chi connectivity index (χ1v) is 4.97. The molecule has 0 spiro atoms. The van der Waals surface area contributed by atoms with E-state index in [1.54, 1.807) is 0 Å². The van der Waals surface area contributed by atoms with Gasteiger partial charge in [0, 0.05) is 24.8 Å². The van der Waals surface area contributed by atoms with E-state index in [9.17, 15) is 4.79 Å². The summed E-state index contributed by atoms with van der Waals surface area (Å²) in [6.07, 6.45) is 6.17. The zero-order valence-electron chi connectivity index (χ0n) is 7.74. The average Bonchev–Trinajstić information content (AvgIpc) is 2.25. The molecule has 5 heteroatoms. The van der Waals surface area contributed by atoms with Crippen LogP contribution in [0.25, 0.3) is 0 Å². The van der Waals surface area contributed by atoms with Crippen molar-refractivity contribution in [1.29, 1.82) is 0 Å². The molecule has 76 valence electrons. The molecular formula is C9H12ClN3O. The molecular weight excluding hydrogens is 202 g/mol. The molecule has 1 heterocycles. The van der Waals surface area contributed by atoms with Crippen molar-refractivity contribution in [1.82, 2.24) is 15.3 Å². The van der Waals surface area contributed by atoms with Crippen molar-refractivity contribution in [2.45, 2.75) is 12.8 Å². The van der Waals surface area contributed by atoms with Crippen LogP contribution in [0.1, 0.15) is 23.2 Å². The molecule has 1 aromatic heterocycles. The van der Waals surface area contributed by atoms with Crippen LogP contribution in [0.15, 0.2) is 18.7 Å². The highest BCUT2D eigenvalue weighted by Gasteiger charge is 2.03. The molecule has 0 radical (unpaired) electrons. The van der Waals surface area contributed by atoms with E-state index in [2.05, 4.69) is 15.3 Å². The number of hydrogen-bond acceptors (Lipinski definition) is 3. The third-order valence-electron chi connectivity index (χ3n) is 1.67. The van der Waals surface area contributed by atoms with E-state index in [0.29, 0.717) is 18.0 Å². The average molecular weight is 214 g/mol. The smallest absolute Gasteiger partial charge is 0.254 e. The molecule has 0 aliphatic carbocycles. The number of rotatable bonds is 5. The van der Waals surface area contributed by atoms with Crippen LogP contribution in [0, 0.1) is 0 Å². The van der Waals surface area contributed by atoms with Crippen LogP contribution in [0.4, 0.5) is 0 Å². The minimum atomic E-state index is -0.139. The molecule has 1 amide bonds. The zero-order chi connectivity index (χ0) is 10.2. The molecule has 0 aromatic carbocycles. The monoisotopic (exact) mass is 213 g/mol. The van der Waals surface area contributed by atoms with Gasteiger partial charge in [0.05, 0.1) is 5.56 Å². The molecule has 1 aromatic rings. The van der Waals surface area contributed by atoms with Gasteiger partial charge in [0.2, 0.25) is 0 Å². The summed E-state index contributed by atoms with van der Waals surface area (Å²) in [6.45, 7) is 0.639. The van der Waals surface area contributed by atoms with Crippen molar-refractivity contribution in [3.63, 3.8) is 0 Å². The molecule has 0 bridgehead atoms. The molecule has 0 atom stereocenters. The maximum atomic E-state index is 11.4. The normalized spacial score (nSPS) is 9.79. The summed E-state index contributed by atoms with van der Waals surface area (Å²) in [5, 5.41) is 2.76. The van der Waals surface area contributed by atoms with Crippen LogP contribution in [0.2, 0.25) is 0 Å². The summed E-state index contributed by atoms with van der Waals surface area (Å²) in [7, 11) is 0. The first-order valence-electron chi connectivity index (χ1n) is 4.44. The van der Waals surface area contributed by atoms with Gasteiger partial charge in [0.1, 0.15) is 6.33 Å². The molecule has 0 aliphatic heterocycles. The quantitative estimate of drug-likeness (QED) is 0.591. The number of nitrogens with one attached hydrogen (secondary N) is 1. The van der Waals surface area contributed by atoms with E-state index in [0.717, 1.165) is 12.8 Å². The van der Waals surface area contributed by atoms with Crippen molar-refractivity contribution >= 4 is 17.5 Å². The van der Waals surface area contributed by atoms with Gasteiger partial charge in [-0.15, -0.1) is 11.6 Å². The third-order valence-corrected chi connectivity index (χ3v) is 1.94. The Labute approximate surface area is 87.7 Å². The number of carbonyl (C=O) groups is 1. The molecule has 0 saturated heterocycles. The molecule has 0 aliphatic rings. The second-order valence-electron chi connectivity index (χ2n) is 2.78. The predicted molar refractivity (Wildman–Crippen MR) is 54.3 cm³/mol. The SMILES string of the molecule is O=C(NCCCCCl)c1cncnc1. The fraction of sp³-hybridized carbons (Fsp3) is 0.444. The number of alkyl halides is 1. The molecule has 0 fully saturated rings. The van der Waals surface area contributed by atoms with E-state index in [1.807, 2.05) is 0 Å². The van der Waals surface area contributed by atoms with Crippen molar-refractivity contribution in [2.75, 3.05) is 12.4 Å². The zero-order valence-corrected chi connectivity index (χ0v) is 8.50. The third kappa shape index (κ3) is 3.70. The minimum Gasteiger partial charge on any atom is -0.352 e. The Morgan fingerprint density at radius 3 is 2.71 bits per heavy atom.